The molecule has 2 aliphatic rings. The fraction of sp³-hybridized carbons (Fsp3) is 0.455. The van der Waals surface area contributed by atoms with Crippen LogP contribution >= 0.6 is 11.3 Å². The Balaban J connectivity index is 1.38. The van der Waals surface area contributed by atoms with Crippen LogP contribution in [-0.2, 0) is 4.74 Å². The Morgan fingerprint density at radius 3 is 2.45 bits per heavy atom. The Morgan fingerprint density at radius 1 is 1.10 bits per heavy atom. The zero-order chi connectivity index (χ0) is 20.2. The highest BCUT2D eigenvalue weighted by Crippen LogP contribution is 2.42. The number of amides is 1. The van der Waals surface area contributed by atoms with Crippen LogP contribution in [0.2, 0.25) is 0 Å². The SMILES string of the molecule is O=C(Nc1scc(C2CCC2)c1C(=O)O)c1ccc(NCC2CCOCC2)cc1. The lowest BCUT2D eigenvalue weighted by molar-refractivity contribution is 0.0694. The van der Waals surface area contributed by atoms with Crippen LogP contribution in [0.4, 0.5) is 10.7 Å². The van der Waals surface area contributed by atoms with Gasteiger partial charge in [0.15, 0.2) is 0 Å². The number of hydrogen-bond acceptors (Lipinski definition) is 5. The van der Waals surface area contributed by atoms with Crippen LogP contribution in [0.25, 0.3) is 0 Å². The molecular weight excluding hydrogens is 388 g/mol. The number of nitrogens with one attached hydrogen (secondary N) is 2. The van der Waals surface area contributed by atoms with Gasteiger partial charge in [0, 0.05) is 31.0 Å². The summed E-state index contributed by atoms with van der Waals surface area (Å²) in [6.45, 7) is 2.56. The van der Waals surface area contributed by atoms with Gasteiger partial charge in [-0.25, -0.2) is 4.79 Å². The van der Waals surface area contributed by atoms with Crippen molar-refractivity contribution >= 4 is 33.9 Å². The van der Waals surface area contributed by atoms with Crippen molar-refractivity contribution in [3.63, 3.8) is 0 Å². The predicted octanol–water partition coefficient (Wildman–Crippen LogP) is 4.80. The predicted molar refractivity (Wildman–Crippen MR) is 114 cm³/mol. The summed E-state index contributed by atoms with van der Waals surface area (Å²) in [7, 11) is 0. The van der Waals surface area contributed by atoms with E-state index in [9.17, 15) is 14.7 Å². The number of ether oxygens (including phenoxy) is 1. The third kappa shape index (κ3) is 4.62. The van der Waals surface area contributed by atoms with Crippen molar-refractivity contribution in [3.8, 4) is 0 Å². The van der Waals surface area contributed by atoms with Crippen molar-refractivity contribution < 1.29 is 19.4 Å². The van der Waals surface area contributed by atoms with Crippen LogP contribution in [0.5, 0.6) is 0 Å². The average Bonchev–Trinajstić information content (AvgIpc) is 3.09. The molecule has 0 radical (unpaired) electrons. The zero-order valence-electron chi connectivity index (χ0n) is 16.3. The molecule has 2 heterocycles. The standard InChI is InChI=1S/C22H26N2O4S/c25-20(24-21-19(22(26)27)18(13-29-21)15-2-1-3-15)16-4-6-17(7-5-16)23-12-14-8-10-28-11-9-14/h4-7,13-15,23H,1-3,8-12H2,(H,24,25)(H,26,27). The Labute approximate surface area is 174 Å². The molecule has 1 aromatic carbocycles. The van der Waals surface area contributed by atoms with Gasteiger partial charge in [-0.3, -0.25) is 4.79 Å². The second-order valence-corrected chi connectivity index (χ2v) is 8.68. The van der Waals surface area contributed by atoms with Crippen LogP contribution in [0.3, 0.4) is 0 Å². The number of carboxylic acid groups (broad SMARTS) is 1. The van der Waals surface area contributed by atoms with Gasteiger partial charge in [0.05, 0.1) is 5.56 Å². The zero-order valence-corrected chi connectivity index (χ0v) is 17.1. The molecule has 2 aromatic rings. The lowest BCUT2D eigenvalue weighted by Gasteiger charge is -2.25. The smallest absolute Gasteiger partial charge is 0.339 e. The molecule has 0 spiro atoms. The van der Waals surface area contributed by atoms with Gasteiger partial charge in [0.2, 0.25) is 0 Å². The topological polar surface area (TPSA) is 87.7 Å². The second kappa shape index (κ2) is 8.97. The van der Waals surface area contributed by atoms with E-state index in [0.29, 0.717) is 22.4 Å². The highest BCUT2D eigenvalue weighted by Gasteiger charge is 2.29. The lowest BCUT2D eigenvalue weighted by Crippen LogP contribution is -2.22. The molecular formula is C22H26N2O4S. The minimum absolute atomic E-state index is 0.253. The minimum atomic E-state index is -0.976. The van der Waals surface area contributed by atoms with E-state index in [0.717, 1.165) is 63.1 Å². The highest BCUT2D eigenvalue weighted by molar-refractivity contribution is 7.15. The maximum atomic E-state index is 12.6. The number of carbonyl (C=O) groups is 2. The van der Waals surface area contributed by atoms with E-state index in [2.05, 4.69) is 10.6 Å². The third-order valence-electron chi connectivity index (χ3n) is 5.89. The number of carboxylic acids is 1. The number of carbonyl (C=O) groups excluding carboxylic acids is 1. The fourth-order valence-electron chi connectivity index (χ4n) is 3.83. The molecule has 0 bridgehead atoms. The van der Waals surface area contributed by atoms with Crippen LogP contribution < -0.4 is 10.6 Å². The van der Waals surface area contributed by atoms with Crippen molar-refractivity contribution in [2.24, 2.45) is 5.92 Å². The summed E-state index contributed by atoms with van der Waals surface area (Å²) in [6, 6.07) is 7.31. The molecule has 1 amide bonds. The molecule has 6 nitrogen and oxygen atoms in total. The first-order valence-corrected chi connectivity index (χ1v) is 11.1. The van der Waals surface area contributed by atoms with Crippen LogP contribution in [0, 0.1) is 5.92 Å². The average molecular weight is 415 g/mol. The Hall–Kier alpha value is -2.38. The Bertz CT molecular complexity index is 867. The molecule has 1 saturated heterocycles. The van der Waals surface area contributed by atoms with Crippen molar-refractivity contribution in [2.45, 2.75) is 38.0 Å². The van der Waals surface area contributed by atoms with E-state index >= 15 is 0 Å². The van der Waals surface area contributed by atoms with Gasteiger partial charge >= 0.3 is 5.97 Å². The first-order chi connectivity index (χ1) is 14.1. The van der Waals surface area contributed by atoms with E-state index in [-0.39, 0.29) is 11.5 Å². The maximum Gasteiger partial charge on any atom is 0.339 e. The molecule has 1 aliphatic carbocycles. The molecule has 29 heavy (non-hydrogen) atoms. The lowest BCUT2D eigenvalue weighted by atomic mass is 9.79. The largest absolute Gasteiger partial charge is 0.478 e. The monoisotopic (exact) mass is 414 g/mol. The number of aromatic carboxylic acids is 1. The number of thiophene rings is 1. The first kappa shape index (κ1) is 19.9. The molecule has 154 valence electrons. The fourth-order valence-corrected chi connectivity index (χ4v) is 4.86. The number of hydrogen-bond donors (Lipinski definition) is 3. The molecule has 7 heteroatoms. The van der Waals surface area contributed by atoms with Crippen molar-refractivity contribution in [3.05, 3.63) is 46.3 Å². The second-order valence-electron chi connectivity index (χ2n) is 7.80. The van der Waals surface area contributed by atoms with Crippen LogP contribution in [0.1, 0.15) is 64.3 Å². The Morgan fingerprint density at radius 2 is 1.83 bits per heavy atom. The van der Waals surface area contributed by atoms with Gasteiger partial charge < -0.3 is 20.5 Å². The Kier molecular flexibility index (Phi) is 6.16. The molecule has 0 unspecified atom stereocenters. The van der Waals surface area contributed by atoms with Gasteiger partial charge in [0.1, 0.15) is 5.00 Å². The van der Waals surface area contributed by atoms with E-state index in [1.54, 1.807) is 12.1 Å². The molecule has 1 saturated carbocycles. The summed E-state index contributed by atoms with van der Waals surface area (Å²) in [4.78, 5) is 24.4. The van der Waals surface area contributed by atoms with E-state index in [1.807, 2.05) is 17.5 Å². The highest BCUT2D eigenvalue weighted by atomic mass is 32.1. The van der Waals surface area contributed by atoms with Crippen molar-refractivity contribution in [1.82, 2.24) is 0 Å². The van der Waals surface area contributed by atoms with Crippen LogP contribution in [0.15, 0.2) is 29.6 Å². The molecule has 1 aliphatic heterocycles. The number of anilines is 2. The van der Waals surface area contributed by atoms with Crippen molar-refractivity contribution in [2.75, 3.05) is 30.4 Å². The summed E-state index contributed by atoms with van der Waals surface area (Å²) in [5.41, 5.74) is 2.60. The van der Waals surface area contributed by atoms with Gasteiger partial charge in [-0.05, 0) is 72.7 Å². The van der Waals surface area contributed by atoms with Gasteiger partial charge in [0.25, 0.3) is 5.91 Å². The summed E-state index contributed by atoms with van der Waals surface area (Å²) in [5.74, 6) is -0.337. The van der Waals surface area contributed by atoms with Gasteiger partial charge in [-0.1, -0.05) is 6.42 Å². The summed E-state index contributed by atoms with van der Waals surface area (Å²) in [5, 5.41) is 18.2. The summed E-state index contributed by atoms with van der Waals surface area (Å²) < 4.78 is 5.38. The first-order valence-electron chi connectivity index (χ1n) is 10.2. The minimum Gasteiger partial charge on any atom is -0.478 e. The molecule has 3 N–H and O–H groups in total. The summed E-state index contributed by atoms with van der Waals surface area (Å²) >= 11 is 1.30. The van der Waals surface area contributed by atoms with Crippen molar-refractivity contribution in [1.29, 1.82) is 0 Å². The summed E-state index contributed by atoms with van der Waals surface area (Å²) in [6.07, 6.45) is 5.32. The van der Waals surface area contributed by atoms with Gasteiger partial charge in [-0.2, -0.15) is 0 Å². The molecule has 2 fully saturated rings. The van der Waals surface area contributed by atoms with E-state index in [4.69, 9.17) is 4.74 Å². The number of rotatable bonds is 7. The third-order valence-corrected chi connectivity index (χ3v) is 6.80. The molecule has 1 aromatic heterocycles. The van der Waals surface area contributed by atoms with E-state index in [1.165, 1.54) is 11.3 Å². The van der Waals surface area contributed by atoms with E-state index < -0.39 is 5.97 Å². The normalized spacial score (nSPS) is 17.5. The maximum absolute atomic E-state index is 12.6. The quantitative estimate of drug-likeness (QED) is 0.605. The molecule has 0 atom stereocenters. The van der Waals surface area contributed by atoms with Crippen LogP contribution in [-0.4, -0.2) is 36.7 Å². The van der Waals surface area contributed by atoms with Gasteiger partial charge in [-0.15, -0.1) is 11.3 Å². The number of benzene rings is 1. The molecule has 4 rings (SSSR count).